The van der Waals surface area contributed by atoms with Gasteiger partial charge in [0, 0.05) is 7.11 Å². The highest BCUT2D eigenvalue weighted by Gasteiger charge is 2.45. The second kappa shape index (κ2) is 6.09. The van der Waals surface area contributed by atoms with Gasteiger partial charge in [-0.2, -0.15) is 18.2 Å². The molecule has 0 aliphatic rings. The largest absolute Gasteiger partial charge is 0.415 e. The molecule has 2 unspecified atom stereocenters. The number of methoxy groups -OCH3 is 1. The van der Waals surface area contributed by atoms with Gasteiger partial charge in [0.25, 0.3) is 0 Å². The standard InChI is InChI=1S/C12H19F3N2O3/c1-5-11(6-2,19-4)10-16-9(20-17-10)7(3)8(18)12(13,14)15/h7-8,18H,5-6H2,1-4H3. The van der Waals surface area contributed by atoms with Crippen LogP contribution < -0.4 is 0 Å². The van der Waals surface area contributed by atoms with Gasteiger partial charge in [0.05, 0.1) is 5.92 Å². The molecular formula is C12H19F3N2O3. The molecule has 1 aromatic heterocycles. The number of aliphatic hydroxyl groups excluding tert-OH is 1. The Balaban J connectivity index is 3.03. The number of halogens is 3. The molecule has 1 heterocycles. The van der Waals surface area contributed by atoms with Crippen LogP contribution in [0.25, 0.3) is 0 Å². The number of alkyl halides is 3. The van der Waals surface area contributed by atoms with Crippen LogP contribution in [0.15, 0.2) is 4.52 Å². The molecule has 116 valence electrons. The van der Waals surface area contributed by atoms with Gasteiger partial charge in [0.2, 0.25) is 11.7 Å². The molecule has 0 aliphatic carbocycles. The Bertz CT molecular complexity index is 422. The van der Waals surface area contributed by atoms with Crippen molar-refractivity contribution in [3.05, 3.63) is 11.7 Å². The number of ether oxygens (including phenoxy) is 1. The Labute approximate surface area is 115 Å². The molecule has 0 amide bonds. The zero-order valence-electron chi connectivity index (χ0n) is 11.9. The fraction of sp³-hybridized carbons (Fsp3) is 0.833. The molecule has 0 saturated heterocycles. The van der Waals surface area contributed by atoms with E-state index in [1.807, 2.05) is 13.8 Å². The highest BCUT2D eigenvalue weighted by molar-refractivity contribution is 5.04. The summed E-state index contributed by atoms with van der Waals surface area (Å²) >= 11 is 0. The number of hydrogen-bond donors (Lipinski definition) is 1. The van der Waals surface area contributed by atoms with Crippen molar-refractivity contribution in [1.29, 1.82) is 0 Å². The van der Waals surface area contributed by atoms with Crippen LogP contribution in [0.2, 0.25) is 0 Å². The summed E-state index contributed by atoms with van der Waals surface area (Å²) in [5, 5.41) is 12.9. The van der Waals surface area contributed by atoms with E-state index in [9.17, 15) is 18.3 Å². The Hall–Kier alpha value is -1.15. The molecule has 1 aromatic rings. The highest BCUT2D eigenvalue weighted by atomic mass is 19.4. The SMILES string of the molecule is CCC(CC)(OC)c1noc(C(C)C(O)C(F)(F)F)n1. The Morgan fingerprint density at radius 3 is 2.25 bits per heavy atom. The first-order valence-corrected chi connectivity index (χ1v) is 6.35. The lowest BCUT2D eigenvalue weighted by Gasteiger charge is -2.26. The monoisotopic (exact) mass is 296 g/mol. The topological polar surface area (TPSA) is 68.4 Å². The normalized spacial score (nSPS) is 16.2. The van der Waals surface area contributed by atoms with Crippen molar-refractivity contribution in [3.63, 3.8) is 0 Å². The summed E-state index contributed by atoms with van der Waals surface area (Å²) in [6.07, 6.45) is -6.18. The molecule has 1 rings (SSSR count). The summed E-state index contributed by atoms with van der Waals surface area (Å²) in [5.41, 5.74) is -0.787. The van der Waals surface area contributed by atoms with E-state index in [2.05, 4.69) is 10.1 Å². The average Bonchev–Trinajstić information content (AvgIpc) is 2.89. The van der Waals surface area contributed by atoms with Gasteiger partial charge in [-0.05, 0) is 12.8 Å². The van der Waals surface area contributed by atoms with Gasteiger partial charge in [0.1, 0.15) is 5.60 Å². The minimum Gasteiger partial charge on any atom is -0.383 e. The van der Waals surface area contributed by atoms with E-state index in [-0.39, 0.29) is 11.7 Å². The Morgan fingerprint density at radius 1 is 1.30 bits per heavy atom. The van der Waals surface area contributed by atoms with Crippen molar-refractivity contribution in [3.8, 4) is 0 Å². The third kappa shape index (κ3) is 3.12. The molecule has 0 saturated carbocycles. The number of aromatic nitrogens is 2. The fourth-order valence-electron chi connectivity index (χ4n) is 1.97. The van der Waals surface area contributed by atoms with Crippen molar-refractivity contribution >= 4 is 0 Å². The summed E-state index contributed by atoms with van der Waals surface area (Å²) in [6.45, 7) is 4.90. The van der Waals surface area contributed by atoms with Gasteiger partial charge >= 0.3 is 6.18 Å². The van der Waals surface area contributed by atoms with Crippen LogP contribution >= 0.6 is 0 Å². The molecule has 0 radical (unpaired) electrons. The lowest BCUT2D eigenvalue weighted by atomic mass is 9.96. The molecule has 0 fully saturated rings. The van der Waals surface area contributed by atoms with Crippen LogP contribution in [-0.4, -0.2) is 34.6 Å². The maximum Gasteiger partial charge on any atom is 0.415 e. The second-order valence-electron chi connectivity index (χ2n) is 4.64. The third-order valence-electron chi connectivity index (χ3n) is 3.58. The van der Waals surface area contributed by atoms with Crippen LogP contribution in [0.3, 0.4) is 0 Å². The predicted octanol–water partition coefficient (Wildman–Crippen LogP) is 2.76. The van der Waals surface area contributed by atoms with Crippen molar-refractivity contribution in [1.82, 2.24) is 10.1 Å². The van der Waals surface area contributed by atoms with Gasteiger partial charge in [-0.1, -0.05) is 25.9 Å². The first kappa shape index (κ1) is 16.9. The van der Waals surface area contributed by atoms with Crippen LogP contribution in [0.5, 0.6) is 0 Å². The number of nitrogens with zero attached hydrogens (tertiary/aromatic N) is 2. The zero-order chi connectivity index (χ0) is 15.6. The third-order valence-corrected chi connectivity index (χ3v) is 3.58. The maximum absolute atomic E-state index is 12.5. The van der Waals surface area contributed by atoms with Gasteiger partial charge < -0.3 is 14.4 Å². The van der Waals surface area contributed by atoms with Crippen molar-refractivity contribution < 1.29 is 27.5 Å². The molecule has 1 N–H and O–H groups in total. The number of rotatable bonds is 6. The Kier molecular flexibility index (Phi) is 5.15. The smallest absolute Gasteiger partial charge is 0.383 e. The minimum absolute atomic E-state index is 0.196. The van der Waals surface area contributed by atoms with Crippen LogP contribution in [0.1, 0.15) is 51.2 Å². The van der Waals surface area contributed by atoms with E-state index >= 15 is 0 Å². The fourth-order valence-corrected chi connectivity index (χ4v) is 1.97. The van der Waals surface area contributed by atoms with Gasteiger partial charge in [-0.25, -0.2) is 0 Å². The first-order valence-electron chi connectivity index (χ1n) is 6.35. The molecule has 0 bridgehead atoms. The first-order chi connectivity index (χ1) is 9.21. The maximum atomic E-state index is 12.5. The average molecular weight is 296 g/mol. The number of hydrogen-bond acceptors (Lipinski definition) is 5. The molecule has 0 aromatic carbocycles. The van der Waals surface area contributed by atoms with Crippen molar-refractivity contribution in [2.45, 2.75) is 57.4 Å². The molecule has 5 nitrogen and oxygen atoms in total. The summed E-state index contributed by atoms with van der Waals surface area (Å²) in [6, 6.07) is 0. The lowest BCUT2D eigenvalue weighted by Crippen LogP contribution is -2.33. The lowest BCUT2D eigenvalue weighted by molar-refractivity contribution is -0.210. The molecule has 0 aliphatic heterocycles. The zero-order valence-corrected chi connectivity index (χ0v) is 11.9. The van der Waals surface area contributed by atoms with E-state index in [4.69, 9.17) is 9.26 Å². The molecule has 20 heavy (non-hydrogen) atoms. The van der Waals surface area contributed by atoms with E-state index in [1.54, 1.807) is 0 Å². The minimum atomic E-state index is -4.73. The van der Waals surface area contributed by atoms with Gasteiger partial charge in [-0.3, -0.25) is 0 Å². The predicted molar refractivity (Wildman–Crippen MR) is 64.0 cm³/mol. The quantitative estimate of drug-likeness (QED) is 0.874. The summed E-state index contributed by atoms with van der Waals surface area (Å²) in [5.74, 6) is -1.39. The van der Waals surface area contributed by atoms with Crippen LogP contribution in [-0.2, 0) is 10.3 Å². The van der Waals surface area contributed by atoms with E-state index in [1.165, 1.54) is 14.0 Å². The highest BCUT2D eigenvalue weighted by Crippen LogP contribution is 2.34. The summed E-state index contributed by atoms with van der Waals surface area (Å²) in [7, 11) is 1.48. The molecular weight excluding hydrogens is 277 g/mol. The second-order valence-corrected chi connectivity index (χ2v) is 4.64. The van der Waals surface area contributed by atoms with Crippen LogP contribution in [0, 0.1) is 0 Å². The van der Waals surface area contributed by atoms with E-state index in [0.717, 1.165) is 0 Å². The van der Waals surface area contributed by atoms with Crippen molar-refractivity contribution in [2.24, 2.45) is 0 Å². The Morgan fingerprint density at radius 2 is 1.85 bits per heavy atom. The number of aliphatic hydroxyl groups is 1. The molecule has 0 spiro atoms. The van der Waals surface area contributed by atoms with E-state index < -0.39 is 23.8 Å². The van der Waals surface area contributed by atoms with Gasteiger partial charge in [0.15, 0.2) is 6.10 Å². The molecule has 8 heteroatoms. The van der Waals surface area contributed by atoms with Gasteiger partial charge in [-0.15, -0.1) is 0 Å². The van der Waals surface area contributed by atoms with Crippen LogP contribution in [0.4, 0.5) is 13.2 Å². The summed E-state index contributed by atoms with van der Waals surface area (Å²) in [4.78, 5) is 3.97. The van der Waals surface area contributed by atoms with Crippen molar-refractivity contribution in [2.75, 3.05) is 7.11 Å². The summed E-state index contributed by atoms with van der Waals surface area (Å²) < 4.78 is 47.6. The van der Waals surface area contributed by atoms with E-state index in [0.29, 0.717) is 12.8 Å². The molecule has 2 atom stereocenters.